The highest BCUT2D eigenvalue weighted by Gasteiger charge is 2.24. The quantitative estimate of drug-likeness (QED) is 0.682. The molecule has 8 heteroatoms. The van der Waals surface area contributed by atoms with Crippen LogP contribution in [0.2, 0.25) is 0 Å². The zero-order valence-electron chi connectivity index (χ0n) is 17.0. The number of amides is 1. The lowest BCUT2D eigenvalue weighted by Gasteiger charge is -2.35. The third-order valence-corrected chi connectivity index (χ3v) is 5.18. The molecule has 29 heavy (non-hydrogen) atoms. The predicted molar refractivity (Wildman–Crippen MR) is 110 cm³/mol. The van der Waals surface area contributed by atoms with Crippen LogP contribution in [0, 0.1) is 0 Å². The van der Waals surface area contributed by atoms with Gasteiger partial charge >= 0.3 is 0 Å². The lowest BCUT2D eigenvalue weighted by Crippen LogP contribution is -2.49. The summed E-state index contributed by atoms with van der Waals surface area (Å²) in [4.78, 5) is 29.5. The standard InChI is InChI=1S/C21H25N7O/c1-21(2,3)17-6-4-16(5-7-17)20(29)27-10-8-26(9-11-27)18-12-19(24-14-23-18)28-15-22-13-25-28/h4-7,12-15H,8-11H2,1-3H3. The van der Waals surface area contributed by atoms with Crippen LogP contribution in [0.4, 0.5) is 5.82 Å². The summed E-state index contributed by atoms with van der Waals surface area (Å²) in [6, 6.07) is 9.86. The summed E-state index contributed by atoms with van der Waals surface area (Å²) < 4.78 is 1.60. The van der Waals surface area contributed by atoms with Crippen LogP contribution in [0.5, 0.6) is 0 Å². The molecule has 0 aliphatic carbocycles. The molecule has 0 radical (unpaired) electrons. The SMILES string of the molecule is CC(C)(C)c1ccc(C(=O)N2CCN(c3cc(-n4cncn4)ncn3)CC2)cc1. The number of aromatic nitrogens is 5. The number of benzene rings is 1. The molecule has 0 N–H and O–H groups in total. The second kappa shape index (κ2) is 7.62. The minimum Gasteiger partial charge on any atom is -0.353 e. The Hall–Kier alpha value is -3.29. The van der Waals surface area contributed by atoms with E-state index in [2.05, 4.69) is 57.9 Å². The molecule has 1 saturated heterocycles. The van der Waals surface area contributed by atoms with Crippen molar-refractivity contribution in [2.24, 2.45) is 0 Å². The molecule has 0 saturated carbocycles. The fraction of sp³-hybridized carbons (Fsp3) is 0.381. The van der Waals surface area contributed by atoms with E-state index in [9.17, 15) is 4.79 Å². The maximum atomic E-state index is 12.9. The summed E-state index contributed by atoms with van der Waals surface area (Å²) in [6.07, 6.45) is 4.61. The number of hydrogen-bond acceptors (Lipinski definition) is 6. The van der Waals surface area contributed by atoms with Crippen LogP contribution in [0.1, 0.15) is 36.7 Å². The van der Waals surface area contributed by atoms with E-state index in [1.807, 2.05) is 23.1 Å². The van der Waals surface area contributed by atoms with Gasteiger partial charge in [0.1, 0.15) is 24.8 Å². The Bertz CT molecular complexity index is 969. The van der Waals surface area contributed by atoms with Crippen LogP contribution in [-0.4, -0.2) is 61.7 Å². The number of anilines is 1. The van der Waals surface area contributed by atoms with E-state index >= 15 is 0 Å². The monoisotopic (exact) mass is 391 g/mol. The van der Waals surface area contributed by atoms with Gasteiger partial charge in [0.25, 0.3) is 5.91 Å². The Kier molecular flexibility index (Phi) is 5.00. The van der Waals surface area contributed by atoms with Crippen molar-refractivity contribution in [2.45, 2.75) is 26.2 Å². The molecule has 3 heterocycles. The summed E-state index contributed by atoms with van der Waals surface area (Å²) in [6.45, 7) is 9.27. The Morgan fingerprint density at radius 2 is 1.62 bits per heavy atom. The van der Waals surface area contributed by atoms with Gasteiger partial charge < -0.3 is 9.80 Å². The number of piperazine rings is 1. The third-order valence-electron chi connectivity index (χ3n) is 5.18. The molecule has 2 aromatic heterocycles. The molecule has 0 spiro atoms. The van der Waals surface area contributed by atoms with Crippen molar-refractivity contribution >= 4 is 11.7 Å². The number of nitrogens with zero attached hydrogens (tertiary/aromatic N) is 7. The molecule has 1 aliphatic heterocycles. The normalized spacial score (nSPS) is 14.9. The zero-order chi connectivity index (χ0) is 20.4. The predicted octanol–water partition coefficient (Wildman–Crippen LogP) is 2.32. The van der Waals surface area contributed by atoms with Gasteiger partial charge in [-0.2, -0.15) is 5.10 Å². The zero-order valence-corrected chi connectivity index (χ0v) is 17.0. The van der Waals surface area contributed by atoms with Gasteiger partial charge in [-0.15, -0.1) is 0 Å². The van der Waals surface area contributed by atoms with Crippen LogP contribution in [0.25, 0.3) is 5.82 Å². The lowest BCUT2D eigenvalue weighted by atomic mass is 9.86. The van der Waals surface area contributed by atoms with Crippen molar-refractivity contribution in [3.8, 4) is 5.82 Å². The first-order valence-electron chi connectivity index (χ1n) is 9.73. The van der Waals surface area contributed by atoms with Gasteiger partial charge in [0, 0.05) is 37.8 Å². The first-order chi connectivity index (χ1) is 13.9. The largest absolute Gasteiger partial charge is 0.353 e. The van der Waals surface area contributed by atoms with E-state index in [1.54, 1.807) is 11.0 Å². The Morgan fingerprint density at radius 3 is 2.24 bits per heavy atom. The molecule has 4 rings (SSSR count). The molecule has 0 bridgehead atoms. The number of hydrogen-bond donors (Lipinski definition) is 0. The van der Waals surface area contributed by atoms with E-state index in [-0.39, 0.29) is 11.3 Å². The highest BCUT2D eigenvalue weighted by atomic mass is 16.2. The van der Waals surface area contributed by atoms with E-state index < -0.39 is 0 Å². The van der Waals surface area contributed by atoms with Gasteiger partial charge in [0.05, 0.1) is 0 Å². The second-order valence-electron chi connectivity index (χ2n) is 8.18. The number of carbonyl (C=O) groups is 1. The van der Waals surface area contributed by atoms with E-state index in [4.69, 9.17) is 0 Å². The maximum Gasteiger partial charge on any atom is 0.253 e. The molecule has 1 aliphatic rings. The van der Waals surface area contributed by atoms with Crippen molar-refractivity contribution in [1.29, 1.82) is 0 Å². The van der Waals surface area contributed by atoms with Crippen LogP contribution >= 0.6 is 0 Å². The van der Waals surface area contributed by atoms with Gasteiger partial charge in [-0.3, -0.25) is 4.79 Å². The van der Waals surface area contributed by atoms with Gasteiger partial charge in [-0.05, 0) is 23.1 Å². The van der Waals surface area contributed by atoms with Crippen molar-refractivity contribution in [3.63, 3.8) is 0 Å². The second-order valence-corrected chi connectivity index (χ2v) is 8.18. The molecular weight excluding hydrogens is 366 g/mol. The average molecular weight is 391 g/mol. The van der Waals surface area contributed by atoms with Crippen molar-refractivity contribution in [2.75, 3.05) is 31.1 Å². The summed E-state index contributed by atoms with van der Waals surface area (Å²) in [7, 11) is 0. The molecule has 1 fully saturated rings. The first-order valence-corrected chi connectivity index (χ1v) is 9.73. The van der Waals surface area contributed by atoms with Crippen LogP contribution in [0.3, 0.4) is 0 Å². The lowest BCUT2D eigenvalue weighted by molar-refractivity contribution is 0.0746. The van der Waals surface area contributed by atoms with Gasteiger partial charge in [-0.1, -0.05) is 32.9 Å². The molecule has 150 valence electrons. The molecule has 1 amide bonds. The highest BCUT2D eigenvalue weighted by Crippen LogP contribution is 2.23. The van der Waals surface area contributed by atoms with Crippen LogP contribution in [-0.2, 0) is 5.41 Å². The molecule has 1 aromatic carbocycles. The summed E-state index contributed by atoms with van der Waals surface area (Å²) in [5, 5.41) is 4.11. The number of carbonyl (C=O) groups excluding carboxylic acids is 1. The van der Waals surface area contributed by atoms with Gasteiger partial charge in [-0.25, -0.2) is 19.6 Å². The summed E-state index contributed by atoms with van der Waals surface area (Å²) >= 11 is 0. The van der Waals surface area contributed by atoms with E-state index in [1.165, 1.54) is 18.2 Å². The first kappa shape index (κ1) is 19.0. The van der Waals surface area contributed by atoms with E-state index in [0.717, 1.165) is 24.5 Å². The van der Waals surface area contributed by atoms with Crippen LogP contribution in [0.15, 0.2) is 49.3 Å². The highest BCUT2D eigenvalue weighted by molar-refractivity contribution is 5.94. The summed E-state index contributed by atoms with van der Waals surface area (Å²) in [5.41, 5.74) is 2.04. The van der Waals surface area contributed by atoms with E-state index in [0.29, 0.717) is 18.9 Å². The Morgan fingerprint density at radius 1 is 0.931 bits per heavy atom. The third kappa shape index (κ3) is 4.11. The average Bonchev–Trinajstić information content (AvgIpc) is 3.28. The minimum absolute atomic E-state index is 0.0792. The summed E-state index contributed by atoms with van der Waals surface area (Å²) in [5.74, 6) is 1.58. The molecular formula is C21H25N7O. The maximum absolute atomic E-state index is 12.9. The van der Waals surface area contributed by atoms with Crippen molar-refractivity contribution in [3.05, 3.63) is 60.4 Å². The number of rotatable bonds is 3. The minimum atomic E-state index is 0.0792. The fourth-order valence-electron chi connectivity index (χ4n) is 3.40. The van der Waals surface area contributed by atoms with Crippen LogP contribution < -0.4 is 4.90 Å². The van der Waals surface area contributed by atoms with Gasteiger partial charge in [0.2, 0.25) is 0 Å². The Labute approximate surface area is 170 Å². The smallest absolute Gasteiger partial charge is 0.253 e. The molecule has 3 aromatic rings. The Balaban J connectivity index is 1.40. The van der Waals surface area contributed by atoms with Gasteiger partial charge in [0.15, 0.2) is 5.82 Å². The van der Waals surface area contributed by atoms with Crippen molar-refractivity contribution < 1.29 is 4.79 Å². The van der Waals surface area contributed by atoms with Crippen molar-refractivity contribution in [1.82, 2.24) is 29.6 Å². The molecule has 0 atom stereocenters. The fourth-order valence-corrected chi connectivity index (χ4v) is 3.40. The topological polar surface area (TPSA) is 80.0 Å². The molecule has 8 nitrogen and oxygen atoms in total. The molecule has 0 unspecified atom stereocenters.